The number of nitrogens with two attached hydrogens (primary N) is 1. The fourth-order valence-corrected chi connectivity index (χ4v) is 4.16. The first kappa shape index (κ1) is 14.1. The molecule has 2 aliphatic rings. The Hall–Kier alpha value is -0.860. The van der Waals surface area contributed by atoms with Crippen LogP contribution < -0.4 is 5.73 Å². The third-order valence-corrected chi connectivity index (χ3v) is 5.58. The quantitative estimate of drug-likeness (QED) is 0.891. The van der Waals surface area contributed by atoms with E-state index in [1.165, 1.54) is 56.2 Å². The molecule has 0 heterocycles. The summed E-state index contributed by atoms with van der Waals surface area (Å²) in [6.45, 7) is 5.40. The van der Waals surface area contributed by atoms with Gasteiger partial charge in [0.2, 0.25) is 0 Å². The lowest BCUT2D eigenvalue weighted by atomic mass is 9.74. The molecule has 0 aromatic heterocycles. The topological polar surface area (TPSA) is 29.3 Å². The van der Waals surface area contributed by atoms with Crippen LogP contribution in [0.4, 0.5) is 0 Å². The molecule has 0 aliphatic heterocycles. The number of fused-ring (bicyclic) bond motifs is 1. The number of rotatable bonds is 5. The van der Waals surface area contributed by atoms with Gasteiger partial charge in [0, 0.05) is 13.1 Å². The van der Waals surface area contributed by atoms with E-state index in [9.17, 15) is 0 Å². The smallest absolute Gasteiger partial charge is 0.0586 e. The highest BCUT2D eigenvalue weighted by Crippen LogP contribution is 2.41. The van der Waals surface area contributed by atoms with Gasteiger partial charge in [-0.1, -0.05) is 37.6 Å². The van der Waals surface area contributed by atoms with Crippen molar-refractivity contribution in [3.05, 3.63) is 35.4 Å². The van der Waals surface area contributed by atoms with Crippen LogP contribution in [0.25, 0.3) is 0 Å². The molecular formula is C18H28N2. The number of hydrogen-bond donors (Lipinski definition) is 1. The molecule has 0 radical (unpaired) electrons. The molecule has 3 rings (SSSR count). The van der Waals surface area contributed by atoms with Gasteiger partial charge in [0.05, 0.1) is 5.54 Å². The molecule has 1 fully saturated rings. The van der Waals surface area contributed by atoms with E-state index in [0.717, 1.165) is 19.0 Å². The minimum Gasteiger partial charge on any atom is -0.328 e. The van der Waals surface area contributed by atoms with E-state index in [0.29, 0.717) is 0 Å². The number of nitrogens with zero attached hydrogens (tertiary/aromatic N) is 1. The van der Waals surface area contributed by atoms with Gasteiger partial charge in [0.15, 0.2) is 0 Å². The predicted molar refractivity (Wildman–Crippen MR) is 84.7 cm³/mol. The first-order valence-corrected chi connectivity index (χ1v) is 8.33. The summed E-state index contributed by atoms with van der Waals surface area (Å²) in [5.74, 6) is 0.910. The molecule has 1 saturated carbocycles. The van der Waals surface area contributed by atoms with Gasteiger partial charge in [-0.3, -0.25) is 4.90 Å². The van der Waals surface area contributed by atoms with Crippen molar-refractivity contribution in [3.63, 3.8) is 0 Å². The van der Waals surface area contributed by atoms with Crippen molar-refractivity contribution in [2.24, 2.45) is 11.7 Å². The fourth-order valence-electron chi connectivity index (χ4n) is 4.16. The highest BCUT2D eigenvalue weighted by atomic mass is 15.2. The molecule has 0 bridgehead atoms. The minimum absolute atomic E-state index is 0.0964. The zero-order chi connectivity index (χ0) is 14.0. The summed E-state index contributed by atoms with van der Waals surface area (Å²) in [5, 5.41) is 0. The van der Waals surface area contributed by atoms with E-state index in [-0.39, 0.29) is 5.54 Å². The van der Waals surface area contributed by atoms with E-state index in [2.05, 4.69) is 36.1 Å². The van der Waals surface area contributed by atoms with Crippen molar-refractivity contribution in [1.82, 2.24) is 4.90 Å². The van der Waals surface area contributed by atoms with Crippen molar-refractivity contribution < 1.29 is 0 Å². The average Bonchev–Trinajstić information content (AvgIpc) is 2.46. The molecule has 1 atom stereocenters. The molecule has 0 saturated heterocycles. The standard InChI is InChI=1S/C18H28N2/c1-2-20(13-15-7-5-8-15)18(14-19)12-6-10-16-9-3-4-11-17(16)18/h3-4,9,11,15H,2,5-8,10,12-14,19H2,1H3. The lowest BCUT2D eigenvalue weighted by Crippen LogP contribution is -2.54. The zero-order valence-corrected chi connectivity index (χ0v) is 12.8. The van der Waals surface area contributed by atoms with Crippen LogP contribution in [0.5, 0.6) is 0 Å². The van der Waals surface area contributed by atoms with Crippen LogP contribution in [-0.4, -0.2) is 24.5 Å². The lowest BCUT2D eigenvalue weighted by Gasteiger charge is -2.49. The first-order chi connectivity index (χ1) is 9.80. The SMILES string of the molecule is CCN(CC1CCC1)C1(CN)CCCc2ccccc21. The second-order valence-electron chi connectivity index (χ2n) is 6.58. The molecule has 2 nitrogen and oxygen atoms in total. The lowest BCUT2D eigenvalue weighted by molar-refractivity contribution is 0.0471. The summed E-state index contributed by atoms with van der Waals surface area (Å²) in [6.07, 6.45) is 7.97. The molecule has 110 valence electrons. The third kappa shape index (κ3) is 2.29. The zero-order valence-electron chi connectivity index (χ0n) is 12.8. The van der Waals surface area contributed by atoms with Crippen LogP contribution in [0, 0.1) is 5.92 Å². The molecule has 2 heteroatoms. The number of aryl methyl sites for hydroxylation is 1. The van der Waals surface area contributed by atoms with Crippen LogP contribution in [0.2, 0.25) is 0 Å². The highest BCUT2D eigenvalue weighted by molar-refractivity contribution is 5.36. The first-order valence-electron chi connectivity index (χ1n) is 8.33. The molecular weight excluding hydrogens is 244 g/mol. The van der Waals surface area contributed by atoms with Crippen LogP contribution >= 0.6 is 0 Å². The van der Waals surface area contributed by atoms with E-state index in [1.807, 2.05) is 0 Å². The van der Waals surface area contributed by atoms with Gasteiger partial charge >= 0.3 is 0 Å². The molecule has 20 heavy (non-hydrogen) atoms. The van der Waals surface area contributed by atoms with Gasteiger partial charge in [0.25, 0.3) is 0 Å². The number of hydrogen-bond acceptors (Lipinski definition) is 2. The van der Waals surface area contributed by atoms with Gasteiger partial charge in [-0.05, 0) is 55.7 Å². The largest absolute Gasteiger partial charge is 0.328 e. The third-order valence-electron chi connectivity index (χ3n) is 5.58. The number of benzene rings is 1. The van der Waals surface area contributed by atoms with Gasteiger partial charge in [-0.2, -0.15) is 0 Å². The Balaban J connectivity index is 1.93. The summed E-state index contributed by atoms with van der Waals surface area (Å²) >= 11 is 0. The Morgan fingerprint density at radius 2 is 2.05 bits per heavy atom. The van der Waals surface area contributed by atoms with E-state index >= 15 is 0 Å². The van der Waals surface area contributed by atoms with E-state index in [4.69, 9.17) is 5.73 Å². The molecule has 1 aromatic rings. The molecule has 2 aliphatic carbocycles. The fraction of sp³-hybridized carbons (Fsp3) is 0.667. The van der Waals surface area contributed by atoms with Crippen molar-refractivity contribution >= 4 is 0 Å². The summed E-state index contributed by atoms with van der Waals surface area (Å²) in [4.78, 5) is 2.69. The minimum atomic E-state index is 0.0964. The summed E-state index contributed by atoms with van der Waals surface area (Å²) in [6, 6.07) is 8.99. The van der Waals surface area contributed by atoms with E-state index in [1.54, 1.807) is 0 Å². The highest BCUT2D eigenvalue weighted by Gasteiger charge is 2.40. The Morgan fingerprint density at radius 3 is 2.70 bits per heavy atom. The van der Waals surface area contributed by atoms with Gasteiger partial charge < -0.3 is 5.73 Å². The molecule has 1 aromatic carbocycles. The monoisotopic (exact) mass is 272 g/mol. The maximum absolute atomic E-state index is 6.32. The van der Waals surface area contributed by atoms with Gasteiger partial charge in [-0.25, -0.2) is 0 Å². The average molecular weight is 272 g/mol. The summed E-state index contributed by atoms with van der Waals surface area (Å²) in [7, 11) is 0. The maximum atomic E-state index is 6.32. The van der Waals surface area contributed by atoms with E-state index < -0.39 is 0 Å². The van der Waals surface area contributed by atoms with Crippen LogP contribution in [0.3, 0.4) is 0 Å². The Bertz CT molecular complexity index is 452. The van der Waals surface area contributed by atoms with Gasteiger partial charge in [0.1, 0.15) is 0 Å². The molecule has 1 unspecified atom stereocenters. The second kappa shape index (κ2) is 5.87. The van der Waals surface area contributed by atoms with Crippen LogP contribution in [-0.2, 0) is 12.0 Å². The van der Waals surface area contributed by atoms with Gasteiger partial charge in [-0.15, -0.1) is 0 Å². The Kier molecular flexibility index (Phi) is 4.13. The molecule has 0 amide bonds. The predicted octanol–water partition coefficient (Wildman–Crippen LogP) is 3.30. The van der Waals surface area contributed by atoms with Crippen LogP contribution in [0.15, 0.2) is 24.3 Å². The Labute approximate surface area is 123 Å². The van der Waals surface area contributed by atoms with Crippen molar-refractivity contribution in [2.45, 2.75) is 51.0 Å². The normalized spacial score (nSPS) is 26.4. The second-order valence-corrected chi connectivity index (χ2v) is 6.58. The Morgan fingerprint density at radius 1 is 1.25 bits per heavy atom. The summed E-state index contributed by atoms with van der Waals surface area (Å²) in [5.41, 5.74) is 9.45. The maximum Gasteiger partial charge on any atom is 0.0586 e. The van der Waals surface area contributed by atoms with Crippen molar-refractivity contribution in [3.8, 4) is 0 Å². The summed E-state index contributed by atoms with van der Waals surface area (Å²) < 4.78 is 0. The van der Waals surface area contributed by atoms with Crippen molar-refractivity contribution in [1.29, 1.82) is 0 Å². The van der Waals surface area contributed by atoms with Crippen molar-refractivity contribution in [2.75, 3.05) is 19.6 Å². The molecule has 2 N–H and O–H groups in total. The van der Waals surface area contributed by atoms with Crippen LogP contribution in [0.1, 0.15) is 50.2 Å². The number of likely N-dealkylation sites (N-methyl/N-ethyl adjacent to an activating group) is 1. The molecule has 0 spiro atoms.